The Hall–Kier alpha value is -0.550. The number of aliphatic hydroxyl groups is 1. The zero-order chi connectivity index (χ0) is 15.5. The van der Waals surface area contributed by atoms with Crippen molar-refractivity contribution in [2.75, 3.05) is 19.0 Å². The van der Waals surface area contributed by atoms with Crippen molar-refractivity contribution >= 4 is 11.8 Å². The zero-order valence-electron chi connectivity index (χ0n) is 13.5. The van der Waals surface area contributed by atoms with Crippen LogP contribution in [-0.4, -0.2) is 36.2 Å². The van der Waals surface area contributed by atoms with Crippen molar-refractivity contribution in [3.63, 3.8) is 0 Å². The first-order valence-corrected chi connectivity index (χ1v) is 8.81. The third-order valence-electron chi connectivity index (χ3n) is 3.03. The third kappa shape index (κ3) is 9.14. The van der Waals surface area contributed by atoms with E-state index in [4.69, 9.17) is 4.74 Å². The molecule has 0 saturated carbocycles. The SMILES string of the molecule is CCCCOCC(O)CSc1ccc(CNC(C)C)cc1. The number of unbranched alkanes of at least 4 members (excludes halogenated alkanes) is 1. The minimum Gasteiger partial charge on any atom is -0.390 e. The summed E-state index contributed by atoms with van der Waals surface area (Å²) in [5.74, 6) is 0.676. The smallest absolute Gasteiger partial charge is 0.0867 e. The normalized spacial score (nSPS) is 12.8. The van der Waals surface area contributed by atoms with Crippen molar-refractivity contribution in [3.05, 3.63) is 29.8 Å². The van der Waals surface area contributed by atoms with Gasteiger partial charge < -0.3 is 15.2 Å². The van der Waals surface area contributed by atoms with Gasteiger partial charge in [-0.3, -0.25) is 0 Å². The second-order valence-electron chi connectivity index (χ2n) is 5.57. The fraction of sp³-hybridized carbons (Fsp3) is 0.647. The summed E-state index contributed by atoms with van der Waals surface area (Å²) in [5, 5.41) is 13.3. The lowest BCUT2D eigenvalue weighted by Crippen LogP contribution is -2.21. The van der Waals surface area contributed by atoms with Crippen LogP contribution in [0.1, 0.15) is 39.2 Å². The molecule has 1 aromatic carbocycles. The lowest BCUT2D eigenvalue weighted by molar-refractivity contribution is 0.0473. The van der Waals surface area contributed by atoms with Crippen molar-refractivity contribution in [2.45, 2.75) is 57.2 Å². The fourth-order valence-corrected chi connectivity index (χ4v) is 2.54. The van der Waals surface area contributed by atoms with E-state index in [0.717, 1.165) is 26.0 Å². The largest absolute Gasteiger partial charge is 0.390 e. The molecule has 4 heteroatoms. The van der Waals surface area contributed by atoms with Gasteiger partial charge in [0.15, 0.2) is 0 Å². The van der Waals surface area contributed by atoms with Crippen molar-refractivity contribution in [1.29, 1.82) is 0 Å². The molecule has 0 bridgehead atoms. The highest BCUT2D eigenvalue weighted by molar-refractivity contribution is 7.99. The van der Waals surface area contributed by atoms with Gasteiger partial charge in [-0.25, -0.2) is 0 Å². The zero-order valence-corrected chi connectivity index (χ0v) is 14.3. The maximum Gasteiger partial charge on any atom is 0.0867 e. The summed E-state index contributed by atoms with van der Waals surface area (Å²) in [6.45, 7) is 8.51. The molecule has 0 amide bonds. The molecule has 0 heterocycles. The molecule has 0 aliphatic rings. The number of ether oxygens (including phenoxy) is 1. The Morgan fingerprint density at radius 1 is 1.24 bits per heavy atom. The van der Waals surface area contributed by atoms with Crippen LogP contribution >= 0.6 is 11.8 Å². The first-order chi connectivity index (χ1) is 10.1. The summed E-state index contributed by atoms with van der Waals surface area (Å²) < 4.78 is 5.43. The van der Waals surface area contributed by atoms with Gasteiger partial charge in [0.1, 0.15) is 0 Å². The van der Waals surface area contributed by atoms with Crippen molar-refractivity contribution < 1.29 is 9.84 Å². The monoisotopic (exact) mass is 311 g/mol. The number of hydrogen-bond acceptors (Lipinski definition) is 4. The molecule has 120 valence electrons. The summed E-state index contributed by atoms with van der Waals surface area (Å²) in [5.41, 5.74) is 1.29. The van der Waals surface area contributed by atoms with Crippen LogP contribution in [0.5, 0.6) is 0 Å². The van der Waals surface area contributed by atoms with Crippen LogP contribution in [-0.2, 0) is 11.3 Å². The molecule has 0 spiro atoms. The van der Waals surface area contributed by atoms with Crippen LogP contribution < -0.4 is 5.32 Å². The summed E-state index contributed by atoms with van der Waals surface area (Å²) >= 11 is 1.67. The topological polar surface area (TPSA) is 41.5 Å². The van der Waals surface area contributed by atoms with Crippen molar-refractivity contribution in [2.24, 2.45) is 0 Å². The number of benzene rings is 1. The molecule has 0 radical (unpaired) electrons. The lowest BCUT2D eigenvalue weighted by Gasteiger charge is -2.11. The summed E-state index contributed by atoms with van der Waals surface area (Å²) in [4.78, 5) is 1.19. The molecule has 0 aromatic heterocycles. The molecule has 1 rings (SSSR count). The van der Waals surface area contributed by atoms with Gasteiger partial charge in [-0.1, -0.05) is 39.3 Å². The molecule has 0 aliphatic carbocycles. The Bertz CT molecular complexity index is 368. The summed E-state index contributed by atoms with van der Waals surface area (Å²) in [6.07, 6.45) is 1.79. The molecule has 2 N–H and O–H groups in total. The summed E-state index contributed by atoms with van der Waals surface area (Å²) in [7, 11) is 0. The Labute approximate surface area is 133 Å². The fourth-order valence-electron chi connectivity index (χ4n) is 1.73. The maximum atomic E-state index is 9.85. The van der Waals surface area contributed by atoms with Gasteiger partial charge in [-0.2, -0.15) is 0 Å². The molecule has 0 aliphatic heterocycles. The molecular weight excluding hydrogens is 282 g/mol. The Kier molecular flexibility index (Phi) is 9.76. The molecule has 1 atom stereocenters. The predicted octanol–water partition coefficient (Wildman–Crippen LogP) is 3.45. The average molecular weight is 311 g/mol. The summed E-state index contributed by atoms with van der Waals surface area (Å²) in [6, 6.07) is 9.02. The minimum atomic E-state index is -0.394. The number of hydrogen-bond donors (Lipinski definition) is 2. The van der Waals surface area contributed by atoms with Crippen LogP contribution in [0.3, 0.4) is 0 Å². The van der Waals surface area contributed by atoms with E-state index >= 15 is 0 Å². The van der Waals surface area contributed by atoms with Gasteiger partial charge in [0, 0.05) is 29.8 Å². The van der Waals surface area contributed by atoms with Gasteiger partial charge >= 0.3 is 0 Å². The number of nitrogens with one attached hydrogen (secondary N) is 1. The molecular formula is C17H29NO2S. The second kappa shape index (κ2) is 11.1. The highest BCUT2D eigenvalue weighted by Crippen LogP contribution is 2.19. The maximum absolute atomic E-state index is 9.85. The quantitative estimate of drug-likeness (QED) is 0.485. The van der Waals surface area contributed by atoms with Gasteiger partial charge in [-0.05, 0) is 24.1 Å². The molecule has 1 unspecified atom stereocenters. The average Bonchev–Trinajstić information content (AvgIpc) is 2.48. The van der Waals surface area contributed by atoms with E-state index < -0.39 is 6.10 Å². The van der Waals surface area contributed by atoms with E-state index in [0.29, 0.717) is 18.4 Å². The standard InChI is InChI=1S/C17H29NO2S/c1-4-5-10-20-12-16(19)13-21-17-8-6-15(7-9-17)11-18-14(2)3/h6-9,14,16,18-19H,4-5,10-13H2,1-3H3. The van der Waals surface area contributed by atoms with Crippen molar-refractivity contribution in [1.82, 2.24) is 5.32 Å². The first-order valence-electron chi connectivity index (χ1n) is 7.82. The van der Waals surface area contributed by atoms with Gasteiger partial charge in [0.05, 0.1) is 12.7 Å². The van der Waals surface area contributed by atoms with E-state index in [9.17, 15) is 5.11 Å². The Balaban J connectivity index is 2.22. The minimum absolute atomic E-state index is 0.394. The molecule has 0 fully saturated rings. The third-order valence-corrected chi connectivity index (χ3v) is 4.19. The Morgan fingerprint density at radius 2 is 1.95 bits per heavy atom. The molecule has 0 saturated heterocycles. The van der Waals surface area contributed by atoms with E-state index in [1.807, 2.05) is 0 Å². The number of thioether (sulfide) groups is 1. The highest BCUT2D eigenvalue weighted by Gasteiger charge is 2.05. The Morgan fingerprint density at radius 3 is 2.57 bits per heavy atom. The van der Waals surface area contributed by atoms with Gasteiger partial charge in [-0.15, -0.1) is 11.8 Å². The second-order valence-corrected chi connectivity index (χ2v) is 6.67. The van der Waals surface area contributed by atoms with Gasteiger partial charge in [0.2, 0.25) is 0 Å². The van der Waals surface area contributed by atoms with Crippen molar-refractivity contribution in [3.8, 4) is 0 Å². The first kappa shape index (κ1) is 18.5. The predicted molar refractivity (Wildman–Crippen MR) is 90.9 cm³/mol. The van der Waals surface area contributed by atoms with E-state index in [-0.39, 0.29) is 0 Å². The van der Waals surface area contributed by atoms with Crippen LogP contribution in [0.2, 0.25) is 0 Å². The molecule has 1 aromatic rings. The van der Waals surface area contributed by atoms with Crippen LogP contribution in [0.25, 0.3) is 0 Å². The van der Waals surface area contributed by atoms with Crippen LogP contribution in [0, 0.1) is 0 Å². The molecule has 3 nitrogen and oxygen atoms in total. The number of rotatable bonds is 11. The lowest BCUT2D eigenvalue weighted by atomic mass is 10.2. The van der Waals surface area contributed by atoms with Crippen LogP contribution in [0.15, 0.2) is 29.2 Å². The van der Waals surface area contributed by atoms with E-state index in [1.165, 1.54) is 10.5 Å². The van der Waals surface area contributed by atoms with Crippen LogP contribution in [0.4, 0.5) is 0 Å². The number of aliphatic hydroxyl groups excluding tert-OH is 1. The highest BCUT2D eigenvalue weighted by atomic mass is 32.2. The van der Waals surface area contributed by atoms with E-state index in [1.54, 1.807) is 11.8 Å². The van der Waals surface area contributed by atoms with Gasteiger partial charge in [0.25, 0.3) is 0 Å². The molecule has 21 heavy (non-hydrogen) atoms. The van der Waals surface area contributed by atoms with E-state index in [2.05, 4.69) is 50.4 Å².